The van der Waals surface area contributed by atoms with E-state index in [4.69, 9.17) is 4.98 Å². The lowest BCUT2D eigenvalue weighted by Gasteiger charge is -2.41. The van der Waals surface area contributed by atoms with Crippen LogP contribution in [0, 0.1) is 0 Å². The molecule has 2 fully saturated rings. The minimum Gasteiger partial charge on any atom is -0.388 e. The minimum absolute atomic E-state index is 0.0204. The predicted molar refractivity (Wildman–Crippen MR) is 147 cm³/mol. The summed E-state index contributed by atoms with van der Waals surface area (Å²) in [5.74, 6) is -0.0204. The number of unbranched alkanes of at least 4 members (excludes halogenated alkanes) is 1. The minimum atomic E-state index is -0.774. The quantitative estimate of drug-likeness (QED) is 0.444. The molecule has 1 saturated carbocycles. The van der Waals surface area contributed by atoms with Crippen LogP contribution in [-0.4, -0.2) is 56.7 Å². The normalized spacial score (nSPS) is 24.2. The molecule has 6 heteroatoms. The number of imidazole rings is 1. The molecule has 0 unspecified atom stereocenters. The molecule has 3 atom stereocenters. The summed E-state index contributed by atoms with van der Waals surface area (Å²) >= 11 is 0. The van der Waals surface area contributed by atoms with Crippen LogP contribution in [-0.2, 0) is 6.42 Å². The SMILES string of the molecule is CCCC[C@@]1(O)CCCC[C@@H]1n1cnc(C(=O)N2CCNC[C@H]2Cc2ccccc2)c1-c1ccccc1. The molecule has 5 rings (SSSR count). The topological polar surface area (TPSA) is 70.4 Å². The molecule has 196 valence electrons. The van der Waals surface area contributed by atoms with Crippen molar-refractivity contribution in [2.24, 2.45) is 0 Å². The van der Waals surface area contributed by atoms with Gasteiger partial charge in [-0.1, -0.05) is 93.3 Å². The van der Waals surface area contributed by atoms with E-state index in [0.29, 0.717) is 12.2 Å². The number of amides is 1. The highest BCUT2D eigenvalue weighted by atomic mass is 16.3. The van der Waals surface area contributed by atoms with E-state index in [1.807, 2.05) is 35.5 Å². The first kappa shape index (κ1) is 25.7. The van der Waals surface area contributed by atoms with Gasteiger partial charge in [-0.05, 0) is 31.2 Å². The molecule has 0 spiro atoms. The van der Waals surface area contributed by atoms with Gasteiger partial charge in [-0.15, -0.1) is 0 Å². The average Bonchev–Trinajstić information content (AvgIpc) is 3.38. The fraction of sp³-hybridized carbons (Fsp3) is 0.484. The van der Waals surface area contributed by atoms with Crippen molar-refractivity contribution in [2.75, 3.05) is 19.6 Å². The highest BCUT2D eigenvalue weighted by molar-refractivity contribution is 5.98. The van der Waals surface area contributed by atoms with Gasteiger partial charge in [0.25, 0.3) is 5.91 Å². The summed E-state index contributed by atoms with van der Waals surface area (Å²) in [7, 11) is 0. The van der Waals surface area contributed by atoms with Crippen LogP contribution in [0.3, 0.4) is 0 Å². The van der Waals surface area contributed by atoms with Gasteiger partial charge < -0.3 is 19.9 Å². The molecule has 6 nitrogen and oxygen atoms in total. The Balaban J connectivity index is 1.52. The first-order valence-corrected chi connectivity index (χ1v) is 14.0. The molecule has 1 amide bonds. The third-order valence-corrected chi connectivity index (χ3v) is 8.23. The second-order valence-corrected chi connectivity index (χ2v) is 10.7. The zero-order chi connectivity index (χ0) is 25.7. The Bertz CT molecular complexity index is 1160. The Morgan fingerprint density at radius 1 is 1.11 bits per heavy atom. The van der Waals surface area contributed by atoms with Crippen molar-refractivity contribution in [3.05, 3.63) is 78.2 Å². The number of aromatic nitrogens is 2. The van der Waals surface area contributed by atoms with Crippen molar-refractivity contribution in [1.82, 2.24) is 19.8 Å². The van der Waals surface area contributed by atoms with E-state index in [-0.39, 0.29) is 18.0 Å². The van der Waals surface area contributed by atoms with Crippen LogP contribution < -0.4 is 5.32 Å². The molecule has 37 heavy (non-hydrogen) atoms. The molecule has 1 aromatic heterocycles. The molecule has 1 saturated heterocycles. The molecule has 3 aromatic rings. The lowest BCUT2D eigenvalue weighted by Crippen LogP contribution is -2.54. The van der Waals surface area contributed by atoms with Crippen molar-refractivity contribution in [1.29, 1.82) is 0 Å². The Kier molecular flexibility index (Phi) is 8.06. The molecule has 1 aliphatic heterocycles. The zero-order valence-corrected chi connectivity index (χ0v) is 22.0. The molecule has 1 aliphatic carbocycles. The maximum atomic E-state index is 14.2. The molecule has 2 N–H and O–H groups in total. The highest BCUT2D eigenvalue weighted by Gasteiger charge is 2.41. The summed E-state index contributed by atoms with van der Waals surface area (Å²) in [6.45, 7) is 4.37. The number of hydrogen-bond acceptors (Lipinski definition) is 4. The number of piperazine rings is 1. The van der Waals surface area contributed by atoms with Crippen molar-refractivity contribution in [3.8, 4) is 11.3 Å². The van der Waals surface area contributed by atoms with Crippen molar-refractivity contribution in [3.63, 3.8) is 0 Å². The largest absolute Gasteiger partial charge is 0.388 e. The maximum absolute atomic E-state index is 14.2. The first-order valence-electron chi connectivity index (χ1n) is 14.0. The van der Waals surface area contributed by atoms with E-state index < -0.39 is 5.60 Å². The lowest BCUT2D eigenvalue weighted by atomic mass is 9.77. The number of rotatable bonds is 8. The second-order valence-electron chi connectivity index (χ2n) is 10.7. The van der Waals surface area contributed by atoms with Crippen LogP contribution in [0.2, 0.25) is 0 Å². The van der Waals surface area contributed by atoms with E-state index in [1.165, 1.54) is 5.56 Å². The van der Waals surface area contributed by atoms with Gasteiger partial charge in [-0.25, -0.2) is 4.98 Å². The molecule has 2 heterocycles. The van der Waals surface area contributed by atoms with Gasteiger partial charge in [0.1, 0.15) is 0 Å². The molecular weight excluding hydrogens is 460 g/mol. The molecule has 0 radical (unpaired) electrons. The molecule has 2 aliphatic rings. The average molecular weight is 501 g/mol. The fourth-order valence-corrected chi connectivity index (χ4v) is 6.25. The molecule has 2 aromatic carbocycles. The van der Waals surface area contributed by atoms with Crippen LogP contribution >= 0.6 is 0 Å². The van der Waals surface area contributed by atoms with Crippen molar-refractivity contribution < 1.29 is 9.90 Å². The number of nitrogens with one attached hydrogen (secondary N) is 1. The van der Waals surface area contributed by atoms with Crippen LogP contribution in [0.15, 0.2) is 67.0 Å². The van der Waals surface area contributed by atoms with Crippen LogP contribution in [0.1, 0.15) is 74.0 Å². The van der Waals surface area contributed by atoms with Crippen LogP contribution in [0.5, 0.6) is 0 Å². The van der Waals surface area contributed by atoms with Gasteiger partial charge in [-0.2, -0.15) is 0 Å². The van der Waals surface area contributed by atoms with E-state index >= 15 is 0 Å². The monoisotopic (exact) mass is 500 g/mol. The van der Waals surface area contributed by atoms with E-state index in [1.54, 1.807) is 0 Å². The third-order valence-electron chi connectivity index (χ3n) is 8.23. The fourth-order valence-electron chi connectivity index (χ4n) is 6.25. The van der Waals surface area contributed by atoms with Gasteiger partial charge in [0, 0.05) is 31.2 Å². The Labute approximate surface area is 220 Å². The summed E-state index contributed by atoms with van der Waals surface area (Å²) in [6.07, 6.45) is 9.26. The molecule has 0 bridgehead atoms. The van der Waals surface area contributed by atoms with Crippen molar-refractivity contribution in [2.45, 2.75) is 76.0 Å². The van der Waals surface area contributed by atoms with Gasteiger partial charge in [0.2, 0.25) is 0 Å². The Hall–Kier alpha value is -2.96. The number of aliphatic hydroxyl groups is 1. The maximum Gasteiger partial charge on any atom is 0.275 e. The predicted octanol–water partition coefficient (Wildman–Crippen LogP) is 5.24. The number of carbonyl (C=O) groups excluding carboxylic acids is 1. The van der Waals surface area contributed by atoms with Gasteiger partial charge in [0.05, 0.1) is 23.7 Å². The summed E-state index contributed by atoms with van der Waals surface area (Å²) < 4.78 is 2.13. The third kappa shape index (κ3) is 5.51. The van der Waals surface area contributed by atoms with E-state index in [9.17, 15) is 9.90 Å². The summed E-state index contributed by atoms with van der Waals surface area (Å²) in [6, 6.07) is 20.5. The number of nitrogens with zero attached hydrogens (tertiary/aromatic N) is 3. The van der Waals surface area contributed by atoms with Crippen LogP contribution in [0.4, 0.5) is 0 Å². The smallest absolute Gasteiger partial charge is 0.275 e. The first-order chi connectivity index (χ1) is 18.1. The van der Waals surface area contributed by atoms with Gasteiger partial charge in [0.15, 0.2) is 5.69 Å². The highest BCUT2D eigenvalue weighted by Crippen LogP contribution is 2.43. The van der Waals surface area contributed by atoms with Gasteiger partial charge >= 0.3 is 0 Å². The summed E-state index contributed by atoms with van der Waals surface area (Å²) in [4.78, 5) is 21.0. The van der Waals surface area contributed by atoms with Gasteiger partial charge in [-0.3, -0.25) is 4.79 Å². The second kappa shape index (κ2) is 11.6. The van der Waals surface area contributed by atoms with Crippen molar-refractivity contribution >= 4 is 5.91 Å². The Morgan fingerprint density at radius 3 is 2.62 bits per heavy atom. The van der Waals surface area contributed by atoms with E-state index in [0.717, 1.165) is 75.7 Å². The Morgan fingerprint density at radius 2 is 1.86 bits per heavy atom. The van der Waals surface area contributed by atoms with E-state index in [2.05, 4.69) is 53.2 Å². The lowest BCUT2D eigenvalue weighted by molar-refractivity contribution is -0.0492. The zero-order valence-electron chi connectivity index (χ0n) is 22.0. The standard InChI is InChI=1S/C31H40N4O2/c1-2-3-17-31(37)18-11-10-16-27(31)35-23-33-28(29(35)25-14-8-5-9-15-25)30(36)34-20-19-32-22-26(34)21-24-12-6-4-7-13-24/h4-9,12-15,23,26-27,32,37H,2-3,10-11,16-22H2,1H3/t26-,27+,31-/m1/s1. The number of hydrogen-bond donors (Lipinski definition) is 2. The molecular formula is C31H40N4O2. The van der Waals surface area contributed by atoms with Crippen LogP contribution in [0.25, 0.3) is 11.3 Å². The summed E-state index contributed by atoms with van der Waals surface area (Å²) in [5, 5.41) is 15.3. The number of carbonyl (C=O) groups is 1. The number of benzene rings is 2. The summed E-state index contributed by atoms with van der Waals surface area (Å²) in [5.41, 5.74) is 2.76.